The van der Waals surface area contributed by atoms with Crippen LogP contribution in [0.4, 0.5) is 0 Å². The third-order valence-electron chi connectivity index (χ3n) is 4.94. The van der Waals surface area contributed by atoms with Crippen LogP contribution in [0.2, 0.25) is 0 Å². The first-order valence-corrected chi connectivity index (χ1v) is 9.98. The van der Waals surface area contributed by atoms with E-state index in [0.717, 1.165) is 5.56 Å². The van der Waals surface area contributed by atoms with Gasteiger partial charge >= 0.3 is 5.97 Å². The predicted molar refractivity (Wildman–Crippen MR) is 117 cm³/mol. The molecular weight excluding hydrogens is 402 g/mol. The van der Waals surface area contributed by atoms with Crippen molar-refractivity contribution in [1.82, 2.24) is 14.9 Å². The summed E-state index contributed by atoms with van der Waals surface area (Å²) in [6.07, 6.45) is 0.130. The third-order valence-corrected chi connectivity index (χ3v) is 5.26. The van der Waals surface area contributed by atoms with Gasteiger partial charge in [0.05, 0.1) is 23.6 Å². The van der Waals surface area contributed by atoms with Crippen molar-refractivity contribution >= 4 is 35.0 Å². The Bertz CT molecular complexity index is 1180. The molecule has 0 fully saturated rings. The molecule has 0 radical (unpaired) electrons. The number of benzene rings is 2. The molecule has 7 nitrogen and oxygen atoms in total. The van der Waals surface area contributed by atoms with Gasteiger partial charge in [0, 0.05) is 19.5 Å². The lowest BCUT2D eigenvalue weighted by Crippen LogP contribution is -2.30. The molecule has 8 heteroatoms. The molecule has 0 bridgehead atoms. The number of fused-ring (bicyclic) bond motifs is 1. The molecule has 156 valence electrons. The molecule has 1 heterocycles. The largest absolute Gasteiger partial charge is 0.465 e. The lowest BCUT2D eigenvalue weighted by molar-refractivity contribution is -0.121. The molecule has 1 amide bonds. The Morgan fingerprint density at radius 3 is 2.63 bits per heavy atom. The number of carbonyl (C=O) groups is 2. The minimum atomic E-state index is -0.498. The van der Waals surface area contributed by atoms with Crippen molar-refractivity contribution in [1.29, 1.82) is 0 Å². The molecule has 2 N–H and O–H groups in total. The summed E-state index contributed by atoms with van der Waals surface area (Å²) in [4.78, 5) is 39.7. The van der Waals surface area contributed by atoms with E-state index in [1.54, 1.807) is 6.07 Å². The average molecular weight is 426 g/mol. The van der Waals surface area contributed by atoms with Gasteiger partial charge in [0.1, 0.15) is 0 Å². The highest BCUT2D eigenvalue weighted by molar-refractivity contribution is 7.71. The van der Waals surface area contributed by atoms with E-state index in [0.29, 0.717) is 23.0 Å². The van der Waals surface area contributed by atoms with Crippen molar-refractivity contribution in [2.75, 3.05) is 13.7 Å². The molecule has 0 aliphatic rings. The van der Waals surface area contributed by atoms with Crippen molar-refractivity contribution < 1.29 is 14.3 Å². The van der Waals surface area contributed by atoms with Crippen molar-refractivity contribution in [3.8, 4) is 0 Å². The Hall–Kier alpha value is -3.26. The molecule has 30 heavy (non-hydrogen) atoms. The van der Waals surface area contributed by atoms with Gasteiger partial charge in [-0.2, -0.15) is 0 Å². The second-order valence-electron chi connectivity index (χ2n) is 7.00. The highest BCUT2D eigenvalue weighted by atomic mass is 32.1. The second kappa shape index (κ2) is 9.49. The summed E-state index contributed by atoms with van der Waals surface area (Å²) in [6.45, 7) is 2.72. The number of rotatable bonds is 7. The van der Waals surface area contributed by atoms with Crippen LogP contribution in [0.25, 0.3) is 10.9 Å². The van der Waals surface area contributed by atoms with Gasteiger partial charge in [0.15, 0.2) is 4.77 Å². The molecule has 1 atom stereocenters. The Balaban J connectivity index is 1.68. The van der Waals surface area contributed by atoms with Gasteiger partial charge in [0.2, 0.25) is 5.91 Å². The van der Waals surface area contributed by atoms with Crippen LogP contribution in [0.3, 0.4) is 0 Å². The Morgan fingerprint density at radius 2 is 1.93 bits per heavy atom. The first-order valence-electron chi connectivity index (χ1n) is 9.57. The van der Waals surface area contributed by atoms with Gasteiger partial charge in [-0.1, -0.05) is 37.3 Å². The van der Waals surface area contributed by atoms with Gasteiger partial charge in [0.25, 0.3) is 5.56 Å². The maximum Gasteiger partial charge on any atom is 0.337 e. The summed E-state index contributed by atoms with van der Waals surface area (Å²) >= 11 is 5.29. The normalized spacial score (nSPS) is 11.8. The first kappa shape index (κ1) is 21.4. The van der Waals surface area contributed by atoms with E-state index in [1.807, 2.05) is 37.3 Å². The van der Waals surface area contributed by atoms with Crippen molar-refractivity contribution in [3.05, 3.63) is 74.8 Å². The number of nitrogens with one attached hydrogen (secondary N) is 2. The van der Waals surface area contributed by atoms with Crippen LogP contribution in [0, 0.1) is 4.77 Å². The highest BCUT2D eigenvalue weighted by Gasteiger charge is 2.12. The van der Waals surface area contributed by atoms with Gasteiger partial charge in [-0.15, -0.1) is 0 Å². The number of aromatic nitrogens is 2. The van der Waals surface area contributed by atoms with E-state index >= 15 is 0 Å². The molecule has 2 aromatic carbocycles. The van der Waals surface area contributed by atoms with E-state index in [2.05, 4.69) is 10.3 Å². The number of methoxy groups -OCH3 is 1. The van der Waals surface area contributed by atoms with Crippen molar-refractivity contribution in [2.45, 2.75) is 25.8 Å². The SMILES string of the molecule is COC(=O)c1ccc2c(=O)n(CCC(=O)NC[C@@H](C)c3ccccc3)c(=S)[nH]c2c1. The molecule has 0 aliphatic carbocycles. The summed E-state index contributed by atoms with van der Waals surface area (Å²) in [5.41, 5.74) is 1.61. The minimum absolute atomic E-state index is 0.130. The zero-order valence-corrected chi connectivity index (χ0v) is 17.6. The maximum atomic E-state index is 12.8. The Labute approximate surface area is 178 Å². The van der Waals surface area contributed by atoms with E-state index in [9.17, 15) is 14.4 Å². The van der Waals surface area contributed by atoms with E-state index in [1.165, 1.54) is 23.8 Å². The molecule has 3 aromatic rings. The second-order valence-corrected chi connectivity index (χ2v) is 7.39. The number of H-pyrrole nitrogens is 1. The number of esters is 1. The number of nitrogens with zero attached hydrogens (tertiary/aromatic N) is 1. The standard InChI is InChI=1S/C22H23N3O4S/c1-14(15-6-4-3-5-7-15)13-23-19(26)10-11-25-20(27)17-9-8-16(21(28)29-2)12-18(17)24-22(25)30/h3-9,12,14H,10-11,13H2,1-2H3,(H,23,26)(H,24,30)/t14-/m1/s1. The molecule has 0 saturated heterocycles. The monoisotopic (exact) mass is 425 g/mol. The van der Waals surface area contributed by atoms with Gasteiger partial charge < -0.3 is 15.0 Å². The summed E-state index contributed by atoms with van der Waals surface area (Å²) in [5, 5.41) is 3.29. The third kappa shape index (κ3) is 4.83. The van der Waals surface area contributed by atoms with E-state index < -0.39 is 5.97 Å². The molecule has 0 saturated carbocycles. The molecular formula is C22H23N3O4S. The number of ether oxygens (including phenoxy) is 1. The quantitative estimate of drug-likeness (QED) is 0.448. The number of aromatic amines is 1. The maximum absolute atomic E-state index is 12.8. The summed E-state index contributed by atoms with van der Waals surface area (Å²) in [5.74, 6) is -0.465. The van der Waals surface area contributed by atoms with Crippen LogP contribution in [-0.4, -0.2) is 35.1 Å². The molecule has 0 aliphatic heterocycles. The summed E-state index contributed by atoms with van der Waals surface area (Å²) in [6, 6.07) is 14.5. The zero-order valence-electron chi connectivity index (χ0n) is 16.8. The van der Waals surface area contributed by atoms with Gasteiger partial charge in [-0.3, -0.25) is 14.2 Å². The lowest BCUT2D eigenvalue weighted by atomic mass is 10.0. The molecule has 0 spiro atoms. The van der Waals surface area contributed by atoms with Crippen LogP contribution in [-0.2, 0) is 16.1 Å². The fraction of sp³-hybridized carbons (Fsp3) is 0.273. The van der Waals surface area contributed by atoms with Crippen molar-refractivity contribution in [2.24, 2.45) is 0 Å². The smallest absolute Gasteiger partial charge is 0.337 e. The van der Waals surface area contributed by atoms with Crippen LogP contribution >= 0.6 is 12.2 Å². The Kier molecular flexibility index (Phi) is 6.79. The summed E-state index contributed by atoms with van der Waals surface area (Å²) in [7, 11) is 1.29. The number of hydrogen-bond donors (Lipinski definition) is 2. The zero-order chi connectivity index (χ0) is 21.7. The predicted octanol–water partition coefficient (Wildman–Crippen LogP) is 3.16. The number of amides is 1. The average Bonchev–Trinajstić information content (AvgIpc) is 2.76. The van der Waals surface area contributed by atoms with Crippen LogP contribution in [0.15, 0.2) is 53.3 Å². The lowest BCUT2D eigenvalue weighted by Gasteiger charge is -2.13. The van der Waals surface area contributed by atoms with Crippen LogP contribution in [0.5, 0.6) is 0 Å². The van der Waals surface area contributed by atoms with Crippen LogP contribution in [0.1, 0.15) is 35.2 Å². The van der Waals surface area contributed by atoms with Crippen molar-refractivity contribution in [3.63, 3.8) is 0 Å². The van der Waals surface area contributed by atoms with E-state index in [4.69, 9.17) is 17.0 Å². The Morgan fingerprint density at radius 1 is 1.20 bits per heavy atom. The first-order chi connectivity index (χ1) is 14.4. The van der Waals surface area contributed by atoms with E-state index in [-0.39, 0.29) is 35.1 Å². The van der Waals surface area contributed by atoms with Gasteiger partial charge in [-0.25, -0.2) is 4.79 Å². The number of carbonyl (C=O) groups excluding carboxylic acids is 2. The van der Waals surface area contributed by atoms with Crippen LogP contribution < -0.4 is 10.9 Å². The van der Waals surface area contributed by atoms with Gasteiger partial charge in [-0.05, 0) is 41.9 Å². The molecule has 1 aromatic heterocycles. The fourth-order valence-electron chi connectivity index (χ4n) is 3.17. The summed E-state index contributed by atoms with van der Waals surface area (Å²) < 4.78 is 6.25. The fourth-order valence-corrected chi connectivity index (χ4v) is 3.45. The molecule has 0 unspecified atom stereocenters. The molecule has 3 rings (SSSR count). The highest BCUT2D eigenvalue weighted by Crippen LogP contribution is 2.14. The topological polar surface area (TPSA) is 93.2 Å². The number of hydrogen-bond acceptors (Lipinski definition) is 5. The minimum Gasteiger partial charge on any atom is -0.465 e.